The molecule has 0 amide bonds. The number of carbonyl (C=O) groups excluding carboxylic acids is 1. The van der Waals surface area contributed by atoms with E-state index in [4.69, 9.17) is 21.3 Å². The van der Waals surface area contributed by atoms with Gasteiger partial charge in [0.2, 0.25) is 0 Å². The number of carbonyl (C=O) groups is 1. The molecule has 5 nitrogen and oxygen atoms in total. The van der Waals surface area contributed by atoms with Crippen LogP contribution in [0.3, 0.4) is 0 Å². The minimum Gasteiger partial charge on any atom is -0.469 e. The second-order valence-electron chi connectivity index (χ2n) is 6.72. The van der Waals surface area contributed by atoms with Crippen LogP contribution in [0, 0.1) is 9.12 Å². The van der Waals surface area contributed by atoms with Crippen LogP contribution in [0.25, 0.3) is 5.52 Å². The summed E-state index contributed by atoms with van der Waals surface area (Å²) < 4.78 is 8.03. The van der Waals surface area contributed by atoms with E-state index < -0.39 is 0 Å². The number of fused-ring (bicyclic) bond motifs is 4. The number of hydrogen-bond donors (Lipinski definition) is 0. The van der Waals surface area contributed by atoms with Crippen LogP contribution in [0.15, 0.2) is 12.4 Å². The molecule has 0 atom stereocenters. The van der Waals surface area contributed by atoms with Crippen molar-refractivity contribution in [2.45, 2.75) is 43.9 Å². The van der Waals surface area contributed by atoms with Gasteiger partial charge in [0, 0.05) is 17.8 Å². The number of hydrogen-bond acceptors (Lipinski definition) is 4. The van der Waals surface area contributed by atoms with Gasteiger partial charge in [-0.15, -0.1) is 0 Å². The summed E-state index contributed by atoms with van der Waals surface area (Å²) >= 11 is 8.48. The van der Waals surface area contributed by atoms with Gasteiger partial charge in [0.1, 0.15) is 15.0 Å². The number of halogens is 2. The lowest BCUT2D eigenvalue weighted by Crippen LogP contribution is -2.49. The Morgan fingerprint density at radius 3 is 2.57 bits per heavy atom. The van der Waals surface area contributed by atoms with Gasteiger partial charge in [0.25, 0.3) is 0 Å². The molecule has 3 fully saturated rings. The minimum atomic E-state index is -0.268. The number of aromatic nitrogens is 3. The monoisotopic (exact) mass is 445 g/mol. The Balaban J connectivity index is 1.77. The van der Waals surface area contributed by atoms with Crippen molar-refractivity contribution in [2.24, 2.45) is 5.41 Å². The third kappa shape index (κ3) is 2.13. The Morgan fingerprint density at radius 2 is 1.96 bits per heavy atom. The summed E-state index contributed by atoms with van der Waals surface area (Å²) in [5.74, 6) is 1.03. The van der Waals surface area contributed by atoms with Crippen molar-refractivity contribution in [3.8, 4) is 0 Å². The van der Waals surface area contributed by atoms with Crippen LogP contribution in [0.1, 0.15) is 44.3 Å². The van der Waals surface area contributed by atoms with Crippen molar-refractivity contribution < 1.29 is 9.53 Å². The SMILES string of the molecule is COC(=O)C12CCC(c3nc(I)c4c(Cl)nccn34)(CC1)CC2. The molecule has 0 radical (unpaired) electrons. The number of methoxy groups -OCH3 is 1. The van der Waals surface area contributed by atoms with E-state index in [1.54, 1.807) is 6.20 Å². The summed E-state index contributed by atoms with van der Waals surface area (Å²) in [4.78, 5) is 21.2. The van der Waals surface area contributed by atoms with Crippen molar-refractivity contribution in [1.29, 1.82) is 0 Å². The molecule has 5 rings (SSSR count). The van der Waals surface area contributed by atoms with E-state index in [9.17, 15) is 4.79 Å². The first-order valence-electron chi connectivity index (χ1n) is 7.78. The zero-order valence-corrected chi connectivity index (χ0v) is 15.7. The lowest BCUT2D eigenvalue weighted by atomic mass is 9.53. The Kier molecular flexibility index (Phi) is 3.61. The summed E-state index contributed by atoms with van der Waals surface area (Å²) in [5, 5.41) is 0.488. The fraction of sp³-hybridized carbons (Fsp3) is 0.562. The van der Waals surface area contributed by atoms with Crippen molar-refractivity contribution in [3.05, 3.63) is 27.1 Å². The zero-order valence-electron chi connectivity index (χ0n) is 12.8. The van der Waals surface area contributed by atoms with E-state index in [0.717, 1.165) is 53.6 Å². The molecule has 7 heteroatoms. The Morgan fingerprint density at radius 1 is 1.30 bits per heavy atom. The molecule has 122 valence electrons. The summed E-state index contributed by atoms with van der Waals surface area (Å²) in [6, 6.07) is 0. The van der Waals surface area contributed by atoms with E-state index >= 15 is 0 Å². The van der Waals surface area contributed by atoms with Crippen LogP contribution >= 0.6 is 34.2 Å². The molecular weight excluding hydrogens is 429 g/mol. The molecule has 0 aliphatic heterocycles. The van der Waals surface area contributed by atoms with Crippen LogP contribution < -0.4 is 0 Å². The molecule has 3 saturated carbocycles. The highest BCUT2D eigenvalue weighted by Gasteiger charge is 2.55. The zero-order chi connectivity index (χ0) is 16.2. The maximum atomic E-state index is 12.2. The summed E-state index contributed by atoms with van der Waals surface area (Å²) in [6.07, 6.45) is 9.21. The highest BCUT2D eigenvalue weighted by Crippen LogP contribution is 2.58. The molecule has 2 bridgehead atoms. The Labute approximate surface area is 152 Å². The largest absolute Gasteiger partial charge is 0.469 e. The first-order valence-corrected chi connectivity index (χ1v) is 9.24. The fourth-order valence-electron chi connectivity index (χ4n) is 4.38. The van der Waals surface area contributed by atoms with Crippen LogP contribution in [0.4, 0.5) is 0 Å². The van der Waals surface area contributed by atoms with Gasteiger partial charge < -0.3 is 4.74 Å². The third-order valence-corrected chi connectivity index (χ3v) is 6.84. The molecule has 3 aliphatic carbocycles. The van der Waals surface area contributed by atoms with Crippen molar-refractivity contribution in [3.63, 3.8) is 0 Å². The second-order valence-corrected chi connectivity index (χ2v) is 8.09. The molecule has 0 unspecified atom stereocenters. The summed E-state index contributed by atoms with van der Waals surface area (Å²) in [5.41, 5.74) is 0.650. The van der Waals surface area contributed by atoms with E-state index in [2.05, 4.69) is 32.0 Å². The van der Waals surface area contributed by atoms with E-state index in [1.165, 1.54) is 7.11 Å². The molecule has 2 aromatic heterocycles. The van der Waals surface area contributed by atoms with Crippen LogP contribution in [-0.2, 0) is 14.9 Å². The number of esters is 1. The van der Waals surface area contributed by atoms with Crippen LogP contribution in [-0.4, -0.2) is 27.4 Å². The predicted molar refractivity (Wildman–Crippen MR) is 94.5 cm³/mol. The van der Waals surface area contributed by atoms with Gasteiger partial charge >= 0.3 is 5.97 Å². The quantitative estimate of drug-likeness (QED) is 0.522. The molecular formula is C16H17ClIN3O2. The fourth-order valence-corrected chi connectivity index (χ4v) is 5.52. The normalized spacial score (nSPS) is 29.9. The third-order valence-electron chi connectivity index (χ3n) is 5.81. The second kappa shape index (κ2) is 5.31. The first-order chi connectivity index (χ1) is 11.0. The molecule has 3 aliphatic rings. The van der Waals surface area contributed by atoms with Crippen LogP contribution in [0.2, 0.25) is 5.15 Å². The van der Waals surface area contributed by atoms with Gasteiger partial charge in [-0.25, -0.2) is 9.97 Å². The van der Waals surface area contributed by atoms with Crippen LogP contribution in [0.5, 0.6) is 0 Å². The predicted octanol–water partition coefficient (Wildman–Crippen LogP) is 3.75. The smallest absolute Gasteiger partial charge is 0.311 e. The average Bonchev–Trinajstić information content (AvgIpc) is 2.94. The van der Waals surface area contributed by atoms with Gasteiger partial charge in [-0.1, -0.05) is 11.6 Å². The molecule has 2 aromatic rings. The number of rotatable bonds is 2. The number of ether oxygens (including phenoxy) is 1. The summed E-state index contributed by atoms with van der Waals surface area (Å²) in [7, 11) is 1.49. The van der Waals surface area contributed by atoms with Crippen molar-refractivity contribution >= 4 is 45.7 Å². The maximum absolute atomic E-state index is 12.2. The molecule has 0 aromatic carbocycles. The average molecular weight is 446 g/mol. The standard InChI is InChI=1S/C16H17ClIN3O2/c1-23-14(22)16-5-2-15(3-6-16,4-7-16)13-20-12(18)10-11(17)19-8-9-21(10)13/h8-9H,2-7H2,1H3. The van der Waals surface area contributed by atoms with Gasteiger partial charge in [0.05, 0.1) is 12.5 Å². The van der Waals surface area contributed by atoms with Crippen molar-refractivity contribution in [1.82, 2.24) is 14.4 Å². The lowest BCUT2D eigenvalue weighted by molar-refractivity contribution is -0.160. The highest BCUT2D eigenvalue weighted by atomic mass is 127. The van der Waals surface area contributed by atoms with Crippen molar-refractivity contribution in [2.75, 3.05) is 7.11 Å². The van der Waals surface area contributed by atoms with Gasteiger partial charge in [0.15, 0.2) is 5.15 Å². The minimum absolute atomic E-state index is 0.0345. The Bertz CT molecular complexity index is 779. The van der Waals surface area contributed by atoms with Gasteiger partial charge in [-0.05, 0) is 61.1 Å². The molecule has 0 saturated heterocycles. The molecule has 2 heterocycles. The van der Waals surface area contributed by atoms with E-state index in [-0.39, 0.29) is 16.8 Å². The van der Waals surface area contributed by atoms with Gasteiger partial charge in [-0.3, -0.25) is 9.20 Å². The maximum Gasteiger partial charge on any atom is 0.311 e. The van der Waals surface area contributed by atoms with E-state index in [1.807, 2.05) is 6.20 Å². The Hall–Kier alpha value is -0.890. The molecule has 0 N–H and O–H groups in total. The number of nitrogens with zero attached hydrogens (tertiary/aromatic N) is 3. The topological polar surface area (TPSA) is 56.5 Å². The lowest BCUT2D eigenvalue weighted by Gasteiger charge is -2.51. The first kappa shape index (κ1) is 15.6. The highest BCUT2D eigenvalue weighted by molar-refractivity contribution is 14.1. The summed E-state index contributed by atoms with van der Waals surface area (Å²) in [6.45, 7) is 0. The molecule has 0 spiro atoms. The van der Waals surface area contributed by atoms with Gasteiger partial charge in [-0.2, -0.15) is 0 Å². The van der Waals surface area contributed by atoms with E-state index in [0.29, 0.717) is 5.15 Å². The molecule has 23 heavy (non-hydrogen) atoms. The number of imidazole rings is 1.